The van der Waals surface area contributed by atoms with Gasteiger partial charge < -0.3 is 15.1 Å². The summed E-state index contributed by atoms with van der Waals surface area (Å²) in [7, 11) is 0. The molecule has 0 spiro atoms. The Hall–Kier alpha value is -4.61. The van der Waals surface area contributed by atoms with Crippen LogP contribution in [0, 0.1) is 15.9 Å². The van der Waals surface area contributed by atoms with E-state index in [1.807, 2.05) is 11.0 Å². The van der Waals surface area contributed by atoms with Gasteiger partial charge in [0.25, 0.3) is 5.69 Å². The average Bonchev–Trinajstić information content (AvgIpc) is 3.28. The number of urea groups is 1. The van der Waals surface area contributed by atoms with Crippen LogP contribution in [-0.4, -0.2) is 61.8 Å². The predicted molar refractivity (Wildman–Crippen MR) is 122 cm³/mol. The lowest BCUT2D eigenvalue weighted by Gasteiger charge is -2.35. The second-order valence-corrected chi connectivity index (χ2v) is 7.67. The molecule has 12 heteroatoms. The Balaban J connectivity index is 1.29. The third-order valence-electron chi connectivity index (χ3n) is 5.58. The zero-order chi connectivity index (χ0) is 23.7. The van der Waals surface area contributed by atoms with Crippen LogP contribution >= 0.6 is 0 Å². The van der Waals surface area contributed by atoms with Crippen molar-refractivity contribution in [1.82, 2.24) is 24.7 Å². The molecule has 11 nitrogen and oxygen atoms in total. The molecule has 2 amide bonds. The molecule has 1 saturated heterocycles. The van der Waals surface area contributed by atoms with Crippen molar-refractivity contribution in [1.29, 1.82) is 0 Å². The number of aromatic nitrogens is 4. The van der Waals surface area contributed by atoms with E-state index in [0.29, 0.717) is 49.0 Å². The number of piperazine rings is 1. The number of amides is 2. The van der Waals surface area contributed by atoms with Gasteiger partial charge in [-0.2, -0.15) is 4.52 Å². The second kappa shape index (κ2) is 8.73. The number of nitrogens with zero attached hydrogens (tertiary/aromatic N) is 7. The maximum atomic E-state index is 13.3. The van der Waals surface area contributed by atoms with E-state index in [1.165, 1.54) is 24.3 Å². The highest BCUT2D eigenvalue weighted by Gasteiger charge is 2.24. The van der Waals surface area contributed by atoms with Gasteiger partial charge in [0.05, 0.1) is 4.92 Å². The molecule has 3 heterocycles. The van der Waals surface area contributed by atoms with Crippen LogP contribution in [-0.2, 0) is 0 Å². The van der Waals surface area contributed by atoms with Gasteiger partial charge in [0.15, 0.2) is 11.5 Å². The van der Waals surface area contributed by atoms with E-state index in [0.717, 1.165) is 0 Å². The summed E-state index contributed by atoms with van der Waals surface area (Å²) in [5.74, 6) is 0.851. The molecular weight excluding hydrogens is 443 g/mol. The molecule has 1 aliphatic heterocycles. The minimum absolute atomic E-state index is 0.155. The van der Waals surface area contributed by atoms with Crippen LogP contribution in [0.4, 0.5) is 26.4 Å². The van der Waals surface area contributed by atoms with Gasteiger partial charge in [0.1, 0.15) is 17.3 Å². The molecule has 0 unspecified atom stereocenters. The number of halogens is 1. The Labute approximate surface area is 192 Å². The number of nitrogens with one attached hydrogen (secondary N) is 1. The van der Waals surface area contributed by atoms with Crippen LogP contribution in [0.2, 0.25) is 0 Å². The number of carbonyl (C=O) groups is 1. The number of fused-ring (bicyclic) bond motifs is 1. The van der Waals surface area contributed by atoms with Crippen LogP contribution in [0.25, 0.3) is 17.0 Å². The van der Waals surface area contributed by atoms with Gasteiger partial charge in [-0.05, 0) is 42.5 Å². The molecule has 4 aromatic rings. The molecule has 2 aromatic carbocycles. The Morgan fingerprint density at radius 2 is 1.71 bits per heavy atom. The van der Waals surface area contributed by atoms with Crippen LogP contribution in [0.3, 0.4) is 0 Å². The number of nitro groups is 1. The zero-order valence-corrected chi connectivity index (χ0v) is 17.8. The number of anilines is 2. The van der Waals surface area contributed by atoms with Crippen LogP contribution in [0.1, 0.15) is 0 Å². The summed E-state index contributed by atoms with van der Waals surface area (Å²) in [4.78, 5) is 27.0. The van der Waals surface area contributed by atoms with Crippen molar-refractivity contribution in [2.24, 2.45) is 0 Å². The fourth-order valence-electron chi connectivity index (χ4n) is 3.80. The summed E-state index contributed by atoms with van der Waals surface area (Å²) in [6.45, 7) is 1.88. The van der Waals surface area contributed by atoms with Crippen molar-refractivity contribution < 1.29 is 14.1 Å². The van der Waals surface area contributed by atoms with Crippen molar-refractivity contribution in [3.63, 3.8) is 0 Å². The maximum absolute atomic E-state index is 13.3. The summed E-state index contributed by atoms with van der Waals surface area (Å²) in [6.07, 6.45) is 0. The van der Waals surface area contributed by atoms with Gasteiger partial charge in [-0.3, -0.25) is 10.1 Å². The highest BCUT2D eigenvalue weighted by molar-refractivity contribution is 5.92. The average molecular weight is 462 g/mol. The maximum Gasteiger partial charge on any atom is 0.322 e. The lowest BCUT2D eigenvalue weighted by atomic mass is 10.2. The summed E-state index contributed by atoms with van der Waals surface area (Å²) in [5.41, 5.74) is 1.26. The highest BCUT2D eigenvalue weighted by atomic mass is 19.1. The van der Waals surface area contributed by atoms with Gasteiger partial charge in [0.2, 0.25) is 0 Å². The van der Waals surface area contributed by atoms with Crippen molar-refractivity contribution in [2.45, 2.75) is 0 Å². The Morgan fingerprint density at radius 1 is 0.971 bits per heavy atom. The SMILES string of the molecule is O=C(Nc1ccccc1[N+](=O)[O-])N1CCN(c2ccc3nnc(-c4ccc(F)cc4)n3n2)CC1. The number of para-hydroxylation sites is 2. The minimum Gasteiger partial charge on any atom is -0.352 e. The number of carbonyl (C=O) groups excluding carboxylic acids is 1. The van der Waals surface area contributed by atoms with Gasteiger partial charge in [0, 0.05) is 37.8 Å². The third kappa shape index (κ3) is 4.08. The van der Waals surface area contributed by atoms with E-state index >= 15 is 0 Å². The molecule has 1 fully saturated rings. The first-order valence-corrected chi connectivity index (χ1v) is 10.5. The lowest BCUT2D eigenvalue weighted by molar-refractivity contribution is -0.383. The Kier molecular flexibility index (Phi) is 5.46. The third-order valence-corrected chi connectivity index (χ3v) is 5.58. The van der Waals surface area contributed by atoms with Crippen molar-refractivity contribution in [3.05, 3.63) is 76.6 Å². The zero-order valence-electron chi connectivity index (χ0n) is 17.8. The molecule has 172 valence electrons. The molecule has 34 heavy (non-hydrogen) atoms. The summed E-state index contributed by atoms with van der Waals surface area (Å²) >= 11 is 0. The number of benzene rings is 2. The number of hydrogen-bond acceptors (Lipinski definition) is 7. The van der Waals surface area contributed by atoms with E-state index < -0.39 is 11.0 Å². The number of hydrogen-bond donors (Lipinski definition) is 1. The molecule has 0 atom stereocenters. The standard InChI is InChI=1S/C22H19FN8O3/c23-16-7-5-15(6-8-16)21-26-25-19-9-10-20(27-30(19)21)28-11-13-29(14-12-28)22(32)24-17-3-1-2-4-18(17)31(33)34/h1-10H,11-14H2,(H,24,32). The quantitative estimate of drug-likeness (QED) is 0.365. The van der Waals surface area contributed by atoms with Gasteiger partial charge in [-0.1, -0.05) is 12.1 Å². The molecule has 0 radical (unpaired) electrons. The first kappa shape index (κ1) is 21.2. The highest BCUT2D eigenvalue weighted by Crippen LogP contribution is 2.24. The van der Waals surface area contributed by atoms with Crippen LogP contribution in [0.5, 0.6) is 0 Å². The molecule has 2 aromatic heterocycles. The molecule has 0 aliphatic carbocycles. The van der Waals surface area contributed by atoms with E-state index in [1.54, 1.807) is 39.7 Å². The molecule has 1 aliphatic rings. The topological polar surface area (TPSA) is 122 Å². The van der Waals surface area contributed by atoms with Crippen molar-refractivity contribution >= 4 is 28.9 Å². The van der Waals surface area contributed by atoms with E-state index in [-0.39, 0.29) is 17.2 Å². The fourth-order valence-corrected chi connectivity index (χ4v) is 3.80. The lowest BCUT2D eigenvalue weighted by Crippen LogP contribution is -2.50. The Bertz CT molecular complexity index is 1370. The van der Waals surface area contributed by atoms with Crippen LogP contribution < -0.4 is 10.2 Å². The van der Waals surface area contributed by atoms with Gasteiger partial charge >= 0.3 is 6.03 Å². The number of nitro benzene ring substituents is 1. The van der Waals surface area contributed by atoms with Gasteiger partial charge in [-0.25, -0.2) is 9.18 Å². The molecular formula is C22H19FN8O3. The first-order valence-electron chi connectivity index (χ1n) is 10.5. The van der Waals surface area contributed by atoms with E-state index in [2.05, 4.69) is 20.6 Å². The molecule has 5 rings (SSSR count). The van der Waals surface area contributed by atoms with Crippen molar-refractivity contribution in [3.8, 4) is 11.4 Å². The minimum atomic E-state index is -0.527. The predicted octanol–water partition coefficient (Wildman–Crippen LogP) is 3.19. The summed E-state index contributed by atoms with van der Waals surface area (Å²) in [6, 6.07) is 15.2. The monoisotopic (exact) mass is 462 g/mol. The molecule has 0 saturated carbocycles. The normalized spacial score (nSPS) is 13.8. The first-order chi connectivity index (χ1) is 16.5. The number of rotatable bonds is 4. The molecule has 0 bridgehead atoms. The van der Waals surface area contributed by atoms with Crippen LogP contribution in [0.15, 0.2) is 60.7 Å². The largest absolute Gasteiger partial charge is 0.352 e. The van der Waals surface area contributed by atoms with Gasteiger partial charge in [-0.15, -0.1) is 15.3 Å². The van der Waals surface area contributed by atoms with Crippen molar-refractivity contribution in [2.75, 3.05) is 36.4 Å². The smallest absolute Gasteiger partial charge is 0.322 e. The molecule has 1 N–H and O–H groups in total. The fraction of sp³-hybridized carbons (Fsp3) is 0.182. The van der Waals surface area contributed by atoms with E-state index in [9.17, 15) is 19.3 Å². The second-order valence-electron chi connectivity index (χ2n) is 7.67. The summed E-state index contributed by atoms with van der Waals surface area (Å²) < 4.78 is 14.9. The van der Waals surface area contributed by atoms with E-state index in [4.69, 9.17) is 0 Å². The summed E-state index contributed by atoms with van der Waals surface area (Å²) in [5, 5.41) is 26.8. The Morgan fingerprint density at radius 3 is 2.44 bits per heavy atom.